The van der Waals surface area contributed by atoms with Gasteiger partial charge in [-0.1, -0.05) is 31.5 Å². The summed E-state index contributed by atoms with van der Waals surface area (Å²) in [5, 5.41) is 2.99. The second kappa shape index (κ2) is 9.56. The minimum Gasteiger partial charge on any atom is -0.456 e. The van der Waals surface area contributed by atoms with Crippen molar-refractivity contribution in [3.8, 4) is 11.5 Å². The molecule has 2 aromatic carbocycles. The minimum absolute atomic E-state index is 0.0797. The molecule has 0 atom stereocenters. The number of rotatable bonds is 7. The summed E-state index contributed by atoms with van der Waals surface area (Å²) < 4.78 is 44.0. The molecule has 2 aromatic rings. The van der Waals surface area contributed by atoms with E-state index in [-0.39, 0.29) is 16.6 Å². The Morgan fingerprint density at radius 1 is 1.24 bits per heavy atom. The minimum atomic E-state index is -4.49. The first-order valence-electron chi connectivity index (χ1n) is 8.83. The van der Waals surface area contributed by atoms with Crippen LogP contribution in [0.25, 0.3) is 0 Å². The number of aliphatic imine (C=N–C) groups is 1. The van der Waals surface area contributed by atoms with E-state index in [2.05, 4.69) is 23.8 Å². The van der Waals surface area contributed by atoms with E-state index < -0.39 is 11.7 Å². The summed E-state index contributed by atoms with van der Waals surface area (Å²) in [6.45, 7) is 6.28. The zero-order valence-electron chi connectivity index (χ0n) is 15.8. The van der Waals surface area contributed by atoms with Crippen LogP contribution in [0.2, 0.25) is 5.02 Å². The zero-order chi connectivity index (χ0) is 21.6. The maximum atomic E-state index is 12.8. The van der Waals surface area contributed by atoms with Crippen LogP contribution in [0.1, 0.15) is 30.9 Å². The Balaban J connectivity index is 2.33. The normalized spacial score (nSPS) is 12.0. The number of nitrogens with zero attached hydrogens (tertiary/aromatic N) is 1. The van der Waals surface area contributed by atoms with Gasteiger partial charge in [0, 0.05) is 17.8 Å². The molecule has 0 radical (unpaired) electrons. The van der Waals surface area contributed by atoms with E-state index in [0.29, 0.717) is 29.4 Å². The Bertz CT molecular complexity index is 913. The van der Waals surface area contributed by atoms with Crippen molar-refractivity contribution >= 4 is 23.1 Å². The van der Waals surface area contributed by atoms with Gasteiger partial charge in [0.05, 0.1) is 10.6 Å². The SMILES string of the molecule is C=C(N)/N=C(/NCCCC)c1cc(Oc2ccc(C(F)(F)F)cc2Cl)ccc1N. The fraction of sp³-hybridized carbons (Fsp3) is 0.250. The Morgan fingerprint density at radius 3 is 2.55 bits per heavy atom. The lowest BCUT2D eigenvalue weighted by atomic mass is 10.1. The third-order valence-electron chi connectivity index (χ3n) is 3.85. The number of benzene rings is 2. The molecule has 0 spiro atoms. The molecule has 2 rings (SSSR count). The van der Waals surface area contributed by atoms with Crippen LogP contribution >= 0.6 is 11.6 Å². The summed E-state index contributed by atoms with van der Waals surface area (Å²) in [7, 11) is 0. The van der Waals surface area contributed by atoms with Gasteiger partial charge in [-0.2, -0.15) is 13.2 Å². The number of unbranched alkanes of at least 4 members (excludes halogenated alkanes) is 1. The van der Waals surface area contributed by atoms with Gasteiger partial charge in [-0.15, -0.1) is 0 Å². The highest BCUT2D eigenvalue weighted by atomic mass is 35.5. The van der Waals surface area contributed by atoms with Crippen molar-refractivity contribution in [3.05, 3.63) is 64.9 Å². The molecule has 0 amide bonds. The molecule has 5 N–H and O–H groups in total. The molecular formula is C20H22ClF3N4O. The molecule has 0 aromatic heterocycles. The number of hydrogen-bond acceptors (Lipinski definition) is 4. The average molecular weight is 427 g/mol. The Morgan fingerprint density at radius 2 is 1.97 bits per heavy atom. The molecule has 0 unspecified atom stereocenters. The molecule has 0 aliphatic carbocycles. The number of alkyl halides is 3. The summed E-state index contributed by atoms with van der Waals surface area (Å²) in [5.74, 6) is 0.924. The van der Waals surface area contributed by atoms with Gasteiger partial charge in [0.25, 0.3) is 0 Å². The molecule has 0 heterocycles. The number of halogens is 4. The third kappa shape index (κ3) is 6.32. The number of nitrogens with one attached hydrogen (secondary N) is 1. The van der Waals surface area contributed by atoms with Gasteiger partial charge in [-0.3, -0.25) is 0 Å². The molecule has 156 valence electrons. The maximum Gasteiger partial charge on any atom is 0.416 e. The number of nitrogen functional groups attached to an aromatic ring is 1. The average Bonchev–Trinajstić information content (AvgIpc) is 2.63. The molecule has 5 nitrogen and oxygen atoms in total. The number of nitrogens with two attached hydrogens (primary N) is 2. The van der Waals surface area contributed by atoms with Gasteiger partial charge in [-0.25, -0.2) is 4.99 Å². The van der Waals surface area contributed by atoms with Crippen LogP contribution in [0.4, 0.5) is 18.9 Å². The molecule has 0 aliphatic heterocycles. The lowest BCUT2D eigenvalue weighted by Crippen LogP contribution is -2.27. The number of hydrogen-bond donors (Lipinski definition) is 3. The van der Waals surface area contributed by atoms with Gasteiger partial charge >= 0.3 is 6.18 Å². The largest absolute Gasteiger partial charge is 0.456 e. The first kappa shape index (κ1) is 22.4. The van der Waals surface area contributed by atoms with E-state index >= 15 is 0 Å². The van der Waals surface area contributed by atoms with Crippen LogP contribution in [0.3, 0.4) is 0 Å². The summed E-state index contributed by atoms with van der Waals surface area (Å²) in [6.07, 6.45) is -2.60. The van der Waals surface area contributed by atoms with Crippen molar-refractivity contribution in [2.75, 3.05) is 12.3 Å². The van der Waals surface area contributed by atoms with Crippen molar-refractivity contribution in [1.82, 2.24) is 5.32 Å². The van der Waals surface area contributed by atoms with Crippen molar-refractivity contribution in [3.63, 3.8) is 0 Å². The maximum absolute atomic E-state index is 12.8. The molecule has 0 aliphatic rings. The monoisotopic (exact) mass is 426 g/mol. The predicted octanol–water partition coefficient (Wildman–Crippen LogP) is 5.30. The van der Waals surface area contributed by atoms with E-state index in [1.807, 2.05) is 0 Å². The number of anilines is 1. The van der Waals surface area contributed by atoms with Gasteiger partial charge in [-0.05, 0) is 42.8 Å². The second-order valence-electron chi connectivity index (χ2n) is 6.23. The summed E-state index contributed by atoms with van der Waals surface area (Å²) in [5.41, 5.74) is 11.8. The number of ether oxygens (including phenoxy) is 1. The van der Waals surface area contributed by atoms with Crippen LogP contribution < -0.4 is 21.5 Å². The first-order chi connectivity index (χ1) is 13.6. The van der Waals surface area contributed by atoms with E-state index in [1.54, 1.807) is 18.2 Å². The zero-order valence-corrected chi connectivity index (χ0v) is 16.6. The van der Waals surface area contributed by atoms with Crippen LogP contribution in [-0.2, 0) is 6.18 Å². The van der Waals surface area contributed by atoms with Crippen molar-refractivity contribution in [2.24, 2.45) is 10.7 Å². The summed E-state index contributed by atoms with van der Waals surface area (Å²) >= 11 is 5.96. The lowest BCUT2D eigenvalue weighted by Gasteiger charge is -2.15. The molecule has 29 heavy (non-hydrogen) atoms. The second-order valence-corrected chi connectivity index (χ2v) is 6.63. The van der Waals surface area contributed by atoms with Gasteiger partial charge in [0.2, 0.25) is 0 Å². The first-order valence-corrected chi connectivity index (χ1v) is 9.21. The van der Waals surface area contributed by atoms with Crippen LogP contribution in [-0.4, -0.2) is 12.4 Å². The van der Waals surface area contributed by atoms with Crippen molar-refractivity contribution in [1.29, 1.82) is 0 Å². The topological polar surface area (TPSA) is 85.7 Å². The van der Waals surface area contributed by atoms with Crippen LogP contribution in [0, 0.1) is 0 Å². The van der Waals surface area contributed by atoms with E-state index in [0.717, 1.165) is 31.0 Å². The lowest BCUT2D eigenvalue weighted by molar-refractivity contribution is -0.137. The Labute approximate surface area is 172 Å². The molecule has 0 saturated heterocycles. The van der Waals surface area contributed by atoms with Gasteiger partial charge in [0.1, 0.15) is 23.2 Å². The van der Waals surface area contributed by atoms with Crippen molar-refractivity contribution in [2.45, 2.75) is 25.9 Å². The van der Waals surface area contributed by atoms with Crippen LogP contribution in [0.5, 0.6) is 11.5 Å². The quantitative estimate of drug-likeness (QED) is 0.243. The highest BCUT2D eigenvalue weighted by molar-refractivity contribution is 6.32. The molecule has 0 fully saturated rings. The molecule has 0 saturated carbocycles. The van der Waals surface area contributed by atoms with Gasteiger partial charge in [0.15, 0.2) is 0 Å². The van der Waals surface area contributed by atoms with Crippen molar-refractivity contribution < 1.29 is 17.9 Å². The molecular weight excluding hydrogens is 405 g/mol. The summed E-state index contributed by atoms with van der Waals surface area (Å²) in [4.78, 5) is 4.19. The van der Waals surface area contributed by atoms with E-state index in [4.69, 9.17) is 27.8 Å². The smallest absolute Gasteiger partial charge is 0.416 e. The highest BCUT2D eigenvalue weighted by Crippen LogP contribution is 2.36. The van der Waals surface area contributed by atoms with E-state index in [1.165, 1.54) is 0 Å². The molecule has 0 bridgehead atoms. The van der Waals surface area contributed by atoms with E-state index in [9.17, 15) is 13.2 Å². The van der Waals surface area contributed by atoms with Crippen LogP contribution in [0.15, 0.2) is 53.8 Å². The molecule has 9 heteroatoms. The number of amidine groups is 1. The Hall–Kier alpha value is -2.87. The fourth-order valence-electron chi connectivity index (χ4n) is 2.41. The Kier molecular flexibility index (Phi) is 7.39. The predicted molar refractivity (Wildman–Crippen MR) is 110 cm³/mol. The summed E-state index contributed by atoms with van der Waals surface area (Å²) in [6, 6.07) is 7.65. The third-order valence-corrected chi connectivity index (χ3v) is 4.14. The standard InChI is InChI=1S/C20H22ClF3N4O/c1-3-4-9-27-19(28-12(2)25)15-11-14(6-7-17(15)26)29-18-8-5-13(10-16(18)21)20(22,23)24/h5-8,10-11H,2-4,9,25-26H2,1H3,(H,27,28). The highest BCUT2D eigenvalue weighted by Gasteiger charge is 2.31. The van der Waals surface area contributed by atoms with Gasteiger partial charge < -0.3 is 21.5 Å². The fourth-order valence-corrected chi connectivity index (χ4v) is 2.63.